The van der Waals surface area contributed by atoms with Crippen molar-refractivity contribution in [3.05, 3.63) is 24.3 Å². The van der Waals surface area contributed by atoms with Crippen LogP contribution in [0.4, 0.5) is 5.69 Å². The van der Waals surface area contributed by atoms with E-state index in [1.165, 1.54) is 0 Å². The average Bonchev–Trinajstić information content (AvgIpc) is 2.47. The van der Waals surface area contributed by atoms with E-state index in [0.29, 0.717) is 6.54 Å². The van der Waals surface area contributed by atoms with E-state index in [2.05, 4.69) is 12.2 Å². The van der Waals surface area contributed by atoms with E-state index in [1.807, 2.05) is 36.1 Å². The first-order valence-electron chi connectivity index (χ1n) is 7.04. The van der Waals surface area contributed by atoms with Gasteiger partial charge >= 0.3 is 0 Å². The highest BCUT2D eigenvalue weighted by molar-refractivity contribution is 5.83. The molecular formula is C15H22N2O2. The molecule has 0 saturated carbocycles. The summed E-state index contributed by atoms with van der Waals surface area (Å²) in [6.07, 6.45) is 1.72. The second-order valence-corrected chi connectivity index (χ2v) is 4.76. The molecule has 1 aromatic carbocycles. The lowest BCUT2D eigenvalue weighted by Crippen LogP contribution is -2.47. The molecule has 0 saturated heterocycles. The van der Waals surface area contributed by atoms with Crippen molar-refractivity contribution in [2.24, 2.45) is 0 Å². The minimum absolute atomic E-state index is 0.0814. The molecule has 1 aromatic rings. The summed E-state index contributed by atoms with van der Waals surface area (Å²) in [5, 5.41) is 3.26. The Kier molecular flexibility index (Phi) is 4.66. The van der Waals surface area contributed by atoms with Gasteiger partial charge in [0, 0.05) is 13.1 Å². The highest BCUT2D eigenvalue weighted by Crippen LogP contribution is 2.28. The number of nitrogens with zero attached hydrogens (tertiary/aromatic N) is 1. The lowest BCUT2D eigenvalue weighted by Gasteiger charge is -2.30. The van der Waals surface area contributed by atoms with Crippen LogP contribution in [0.2, 0.25) is 0 Å². The second-order valence-electron chi connectivity index (χ2n) is 4.76. The third-order valence-corrected chi connectivity index (χ3v) is 3.38. The molecule has 19 heavy (non-hydrogen) atoms. The zero-order valence-corrected chi connectivity index (χ0v) is 11.7. The molecule has 4 nitrogen and oxygen atoms in total. The van der Waals surface area contributed by atoms with Crippen molar-refractivity contribution < 1.29 is 9.53 Å². The Hall–Kier alpha value is -1.71. The molecule has 1 heterocycles. The van der Waals surface area contributed by atoms with Crippen molar-refractivity contribution in [1.82, 2.24) is 4.90 Å². The minimum Gasteiger partial charge on any atom is -0.477 e. The molecule has 4 heteroatoms. The molecule has 0 spiro atoms. The zero-order chi connectivity index (χ0) is 13.7. The molecule has 0 fully saturated rings. The normalized spacial score (nSPS) is 17.1. The summed E-state index contributed by atoms with van der Waals surface area (Å²) in [4.78, 5) is 14.3. The predicted molar refractivity (Wildman–Crippen MR) is 76.5 cm³/mol. The number of benzene rings is 1. The Bertz CT molecular complexity index is 434. The largest absolute Gasteiger partial charge is 0.477 e. The van der Waals surface area contributed by atoms with Crippen LogP contribution >= 0.6 is 0 Å². The molecule has 1 aliphatic heterocycles. The summed E-state index contributed by atoms with van der Waals surface area (Å²) in [6, 6.07) is 7.73. The average molecular weight is 262 g/mol. The standard InChI is InChI=1S/C15H22N2O2/c1-3-5-10-17(4-2)15(18)14-11-16-12-8-6-7-9-13(12)19-14/h6-9,14,16H,3-5,10-11H2,1-2H3. The third kappa shape index (κ3) is 3.19. The van der Waals surface area contributed by atoms with Crippen molar-refractivity contribution in [3.63, 3.8) is 0 Å². The quantitative estimate of drug-likeness (QED) is 0.886. The van der Waals surface area contributed by atoms with Crippen molar-refractivity contribution in [3.8, 4) is 5.75 Å². The number of para-hydroxylation sites is 2. The molecule has 0 bridgehead atoms. The van der Waals surface area contributed by atoms with Gasteiger partial charge in [0.1, 0.15) is 5.75 Å². The van der Waals surface area contributed by atoms with E-state index in [4.69, 9.17) is 4.74 Å². The number of rotatable bonds is 5. The van der Waals surface area contributed by atoms with Gasteiger partial charge in [-0.2, -0.15) is 0 Å². The fourth-order valence-electron chi connectivity index (χ4n) is 2.23. The SMILES string of the molecule is CCCCN(CC)C(=O)C1CNc2ccccc2O1. The first kappa shape index (κ1) is 13.7. The molecule has 1 atom stereocenters. The molecule has 1 amide bonds. The molecule has 0 radical (unpaired) electrons. The van der Waals surface area contributed by atoms with Crippen LogP contribution in [0.1, 0.15) is 26.7 Å². The topological polar surface area (TPSA) is 41.6 Å². The molecule has 1 aliphatic rings. The number of likely N-dealkylation sites (N-methyl/N-ethyl adjacent to an activating group) is 1. The minimum atomic E-state index is -0.410. The number of carbonyl (C=O) groups excluding carboxylic acids is 1. The van der Waals surface area contributed by atoms with Gasteiger partial charge in [0.15, 0.2) is 6.10 Å². The number of fused-ring (bicyclic) bond motifs is 1. The van der Waals surface area contributed by atoms with Crippen LogP contribution in [0.15, 0.2) is 24.3 Å². The maximum atomic E-state index is 12.4. The first-order chi connectivity index (χ1) is 9.26. The molecule has 1 N–H and O–H groups in total. The lowest BCUT2D eigenvalue weighted by atomic mass is 10.2. The predicted octanol–water partition coefficient (Wildman–Crippen LogP) is 2.51. The molecule has 0 aromatic heterocycles. The summed E-state index contributed by atoms with van der Waals surface area (Å²) in [5.41, 5.74) is 0.961. The van der Waals surface area contributed by atoms with Crippen LogP contribution in [-0.4, -0.2) is 36.5 Å². The number of anilines is 1. The van der Waals surface area contributed by atoms with E-state index in [9.17, 15) is 4.79 Å². The lowest BCUT2D eigenvalue weighted by molar-refractivity contribution is -0.138. The summed E-state index contributed by atoms with van der Waals surface area (Å²) in [5.74, 6) is 0.844. The fourth-order valence-corrected chi connectivity index (χ4v) is 2.23. The Morgan fingerprint density at radius 1 is 1.42 bits per heavy atom. The van der Waals surface area contributed by atoms with Crippen LogP contribution in [0, 0.1) is 0 Å². The van der Waals surface area contributed by atoms with Crippen molar-refractivity contribution in [2.75, 3.05) is 25.0 Å². The summed E-state index contributed by atoms with van der Waals surface area (Å²) >= 11 is 0. The Morgan fingerprint density at radius 3 is 2.95 bits per heavy atom. The Morgan fingerprint density at radius 2 is 2.21 bits per heavy atom. The van der Waals surface area contributed by atoms with E-state index < -0.39 is 6.10 Å². The van der Waals surface area contributed by atoms with Gasteiger partial charge in [-0.1, -0.05) is 25.5 Å². The molecule has 1 unspecified atom stereocenters. The molecule has 2 rings (SSSR count). The summed E-state index contributed by atoms with van der Waals surface area (Å²) in [7, 11) is 0. The molecule has 0 aliphatic carbocycles. The number of hydrogen-bond donors (Lipinski definition) is 1. The second kappa shape index (κ2) is 6.45. The number of nitrogens with one attached hydrogen (secondary N) is 1. The van der Waals surface area contributed by atoms with E-state index >= 15 is 0 Å². The zero-order valence-electron chi connectivity index (χ0n) is 11.7. The van der Waals surface area contributed by atoms with Gasteiger partial charge in [-0.15, -0.1) is 0 Å². The van der Waals surface area contributed by atoms with Crippen LogP contribution in [0.25, 0.3) is 0 Å². The van der Waals surface area contributed by atoms with E-state index in [-0.39, 0.29) is 5.91 Å². The highest BCUT2D eigenvalue weighted by Gasteiger charge is 2.28. The van der Waals surface area contributed by atoms with Gasteiger partial charge in [0.25, 0.3) is 5.91 Å². The Balaban J connectivity index is 2.01. The van der Waals surface area contributed by atoms with Gasteiger partial charge < -0.3 is 15.0 Å². The molecule has 104 valence electrons. The van der Waals surface area contributed by atoms with Crippen molar-refractivity contribution in [1.29, 1.82) is 0 Å². The van der Waals surface area contributed by atoms with Crippen molar-refractivity contribution >= 4 is 11.6 Å². The number of hydrogen-bond acceptors (Lipinski definition) is 3. The van der Waals surface area contributed by atoms with Gasteiger partial charge in [-0.3, -0.25) is 4.79 Å². The fraction of sp³-hybridized carbons (Fsp3) is 0.533. The van der Waals surface area contributed by atoms with Crippen LogP contribution in [0.3, 0.4) is 0 Å². The smallest absolute Gasteiger partial charge is 0.265 e. The van der Waals surface area contributed by atoms with Gasteiger partial charge in [-0.25, -0.2) is 0 Å². The Labute approximate surface area is 114 Å². The summed E-state index contributed by atoms with van der Waals surface area (Å²) < 4.78 is 5.80. The van der Waals surface area contributed by atoms with E-state index in [0.717, 1.165) is 37.4 Å². The molecular weight excluding hydrogens is 240 g/mol. The van der Waals surface area contributed by atoms with Crippen LogP contribution < -0.4 is 10.1 Å². The summed E-state index contributed by atoms with van der Waals surface area (Å²) in [6.45, 7) is 6.23. The monoisotopic (exact) mass is 262 g/mol. The van der Waals surface area contributed by atoms with Gasteiger partial charge in [0.2, 0.25) is 0 Å². The van der Waals surface area contributed by atoms with Crippen molar-refractivity contribution in [2.45, 2.75) is 32.8 Å². The third-order valence-electron chi connectivity index (χ3n) is 3.38. The maximum Gasteiger partial charge on any atom is 0.265 e. The van der Waals surface area contributed by atoms with Crippen LogP contribution in [-0.2, 0) is 4.79 Å². The number of unbranched alkanes of at least 4 members (excludes halogenated alkanes) is 1. The maximum absolute atomic E-state index is 12.4. The van der Waals surface area contributed by atoms with E-state index in [1.54, 1.807) is 0 Å². The first-order valence-corrected chi connectivity index (χ1v) is 7.04. The number of amides is 1. The van der Waals surface area contributed by atoms with Gasteiger partial charge in [-0.05, 0) is 25.5 Å². The highest BCUT2D eigenvalue weighted by atomic mass is 16.5. The van der Waals surface area contributed by atoms with Gasteiger partial charge in [0.05, 0.1) is 12.2 Å². The number of carbonyl (C=O) groups is 1. The number of ether oxygens (including phenoxy) is 1. The van der Waals surface area contributed by atoms with Crippen LogP contribution in [0.5, 0.6) is 5.75 Å².